The van der Waals surface area contributed by atoms with E-state index in [1.54, 1.807) is 24.3 Å². The van der Waals surface area contributed by atoms with Crippen molar-refractivity contribution in [1.29, 1.82) is 5.26 Å². The van der Waals surface area contributed by atoms with E-state index < -0.39 is 35.0 Å². The van der Waals surface area contributed by atoms with Crippen LogP contribution in [0.3, 0.4) is 0 Å². The number of hydrogen-bond acceptors (Lipinski definition) is 3. The summed E-state index contributed by atoms with van der Waals surface area (Å²) in [7, 11) is 0. The Hall–Kier alpha value is -3.78. The Balaban J connectivity index is 2.24. The van der Waals surface area contributed by atoms with Crippen LogP contribution in [0, 0.1) is 23.7 Å². The van der Waals surface area contributed by atoms with Gasteiger partial charge in [-0.1, -0.05) is 37.5 Å². The highest BCUT2D eigenvalue weighted by Gasteiger charge is 2.49. The summed E-state index contributed by atoms with van der Waals surface area (Å²) >= 11 is 0. The number of amides is 2. The number of anilines is 1. The molecule has 1 aliphatic rings. The Kier molecular flexibility index (Phi) is 6.78. The number of terminal acetylenes is 1. The first-order valence-corrected chi connectivity index (χ1v) is 10.4. The fraction of sp³-hybridized carbons (Fsp3) is 0.320. The van der Waals surface area contributed by atoms with E-state index in [1.807, 2.05) is 12.0 Å². The van der Waals surface area contributed by atoms with Gasteiger partial charge in [-0.15, -0.1) is 6.42 Å². The summed E-state index contributed by atoms with van der Waals surface area (Å²) in [6.45, 7) is 0. The molecule has 5 nitrogen and oxygen atoms in total. The molecule has 2 aromatic rings. The van der Waals surface area contributed by atoms with E-state index in [0.717, 1.165) is 42.4 Å². The highest BCUT2D eigenvalue weighted by Crippen LogP contribution is 2.45. The first kappa shape index (κ1) is 23.9. The third-order valence-corrected chi connectivity index (χ3v) is 6.18. The molecule has 2 amide bonds. The molecule has 33 heavy (non-hydrogen) atoms. The second-order valence-electron chi connectivity index (χ2n) is 8.08. The van der Waals surface area contributed by atoms with Crippen molar-refractivity contribution in [3.63, 3.8) is 0 Å². The van der Waals surface area contributed by atoms with Crippen molar-refractivity contribution in [2.45, 2.75) is 49.7 Å². The van der Waals surface area contributed by atoms with Crippen LogP contribution in [0.5, 0.6) is 0 Å². The number of alkyl halides is 3. The summed E-state index contributed by atoms with van der Waals surface area (Å²) in [5, 5.41) is 9.14. The number of nitrogens with two attached hydrogens (primary N) is 1. The molecule has 1 fully saturated rings. The molecular weight excluding hydrogens is 431 g/mol. The van der Waals surface area contributed by atoms with Gasteiger partial charge in [0.05, 0.1) is 17.2 Å². The summed E-state index contributed by atoms with van der Waals surface area (Å²) < 4.78 is 40.1. The monoisotopic (exact) mass is 453 g/mol. The SMILES string of the molecule is C#CC(=O)N(c1cccc(C(F)(F)F)c1)C(C(N)=O)C1(c2ccc(C#N)cc2)CCCCC1. The number of nitriles is 1. The molecule has 3 rings (SSSR count). The molecule has 0 radical (unpaired) electrons. The van der Waals surface area contributed by atoms with Crippen LogP contribution < -0.4 is 10.6 Å². The van der Waals surface area contributed by atoms with Crippen molar-refractivity contribution in [1.82, 2.24) is 0 Å². The minimum Gasteiger partial charge on any atom is -0.368 e. The predicted molar refractivity (Wildman–Crippen MR) is 117 cm³/mol. The Morgan fingerprint density at radius 1 is 1.09 bits per heavy atom. The smallest absolute Gasteiger partial charge is 0.368 e. The van der Waals surface area contributed by atoms with E-state index in [2.05, 4.69) is 0 Å². The van der Waals surface area contributed by atoms with Gasteiger partial charge in [0.15, 0.2) is 0 Å². The zero-order valence-corrected chi connectivity index (χ0v) is 17.7. The molecule has 0 aromatic heterocycles. The number of hydrogen-bond donors (Lipinski definition) is 1. The summed E-state index contributed by atoms with van der Waals surface area (Å²) in [6, 6.07) is 11.4. The first-order valence-electron chi connectivity index (χ1n) is 10.4. The van der Waals surface area contributed by atoms with Gasteiger partial charge in [-0.3, -0.25) is 14.5 Å². The van der Waals surface area contributed by atoms with Gasteiger partial charge in [0.2, 0.25) is 5.91 Å². The van der Waals surface area contributed by atoms with Crippen molar-refractivity contribution in [2.75, 3.05) is 4.90 Å². The number of benzene rings is 2. The normalized spacial score (nSPS) is 16.2. The molecule has 2 N–H and O–H groups in total. The zero-order valence-electron chi connectivity index (χ0n) is 17.7. The van der Waals surface area contributed by atoms with Crippen LogP contribution in [-0.2, 0) is 21.2 Å². The summed E-state index contributed by atoms with van der Waals surface area (Å²) in [4.78, 5) is 26.7. The van der Waals surface area contributed by atoms with Crippen LogP contribution in [-0.4, -0.2) is 17.9 Å². The van der Waals surface area contributed by atoms with Gasteiger partial charge in [-0.25, -0.2) is 0 Å². The number of nitrogens with zero attached hydrogens (tertiary/aromatic N) is 2. The van der Waals surface area contributed by atoms with Crippen molar-refractivity contribution < 1.29 is 22.8 Å². The van der Waals surface area contributed by atoms with E-state index in [4.69, 9.17) is 17.4 Å². The fourth-order valence-corrected chi connectivity index (χ4v) is 4.71. The average molecular weight is 453 g/mol. The maximum atomic E-state index is 13.4. The molecule has 0 spiro atoms. The molecule has 1 saturated carbocycles. The van der Waals surface area contributed by atoms with Crippen LogP contribution in [0.4, 0.5) is 18.9 Å². The average Bonchev–Trinajstić information content (AvgIpc) is 2.81. The van der Waals surface area contributed by atoms with Crippen molar-refractivity contribution >= 4 is 17.5 Å². The van der Waals surface area contributed by atoms with E-state index in [0.29, 0.717) is 24.0 Å². The van der Waals surface area contributed by atoms with Gasteiger partial charge in [0.25, 0.3) is 0 Å². The minimum atomic E-state index is -4.65. The molecule has 170 valence electrons. The maximum Gasteiger partial charge on any atom is 0.416 e. The number of carbonyl (C=O) groups excluding carboxylic acids is 2. The zero-order chi connectivity index (χ0) is 24.2. The lowest BCUT2D eigenvalue weighted by Crippen LogP contribution is -2.60. The topological polar surface area (TPSA) is 87.2 Å². The Bertz CT molecular complexity index is 1120. The molecule has 2 aromatic carbocycles. The quantitative estimate of drug-likeness (QED) is 0.685. The van der Waals surface area contributed by atoms with Crippen LogP contribution in [0.1, 0.15) is 48.8 Å². The highest BCUT2D eigenvalue weighted by atomic mass is 19.4. The Morgan fingerprint density at radius 2 is 1.73 bits per heavy atom. The van der Waals surface area contributed by atoms with Gasteiger partial charge in [-0.05, 0) is 54.7 Å². The Labute approximate surface area is 190 Å². The Morgan fingerprint density at radius 3 is 2.24 bits per heavy atom. The van der Waals surface area contributed by atoms with Crippen LogP contribution >= 0.6 is 0 Å². The minimum absolute atomic E-state index is 0.157. The van der Waals surface area contributed by atoms with Crippen molar-refractivity contribution in [2.24, 2.45) is 5.73 Å². The van der Waals surface area contributed by atoms with Crippen molar-refractivity contribution in [3.8, 4) is 18.4 Å². The molecule has 1 atom stereocenters. The second kappa shape index (κ2) is 9.38. The largest absolute Gasteiger partial charge is 0.416 e. The molecule has 0 heterocycles. The third-order valence-electron chi connectivity index (χ3n) is 6.18. The molecular formula is C25H22F3N3O2. The van der Waals surface area contributed by atoms with E-state index >= 15 is 0 Å². The van der Waals surface area contributed by atoms with Gasteiger partial charge >= 0.3 is 12.1 Å². The van der Waals surface area contributed by atoms with Crippen LogP contribution in [0.15, 0.2) is 48.5 Å². The predicted octanol–water partition coefficient (Wildman–Crippen LogP) is 4.30. The lowest BCUT2D eigenvalue weighted by atomic mass is 9.64. The molecule has 1 aliphatic carbocycles. The van der Waals surface area contributed by atoms with Gasteiger partial charge in [-0.2, -0.15) is 18.4 Å². The number of rotatable bonds is 5. The van der Waals surface area contributed by atoms with E-state index in [-0.39, 0.29) is 5.69 Å². The lowest BCUT2D eigenvalue weighted by molar-refractivity contribution is -0.137. The van der Waals surface area contributed by atoms with Crippen molar-refractivity contribution in [3.05, 3.63) is 65.2 Å². The van der Waals surface area contributed by atoms with E-state index in [1.165, 1.54) is 6.07 Å². The fourth-order valence-electron chi connectivity index (χ4n) is 4.71. The maximum absolute atomic E-state index is 13.4. The summed E-state index contributed by atoms with van der Waals surface area (Å²) in [5.74, 6) is 0.104. The van der Waals surface area contributed by atoms with Gasteiger partial charge in [0.1, 0.15) is 6.04 Å². The molecule has 8 heteroatoms. The molecule has 0 saturated heterocycles. The first-order chi connectivity index (χ1) is 15.6. The van der Waals surface area contributed by atoms with E-state index in [9.17, 15) is 22.8 Å². The van der Waals surface area contributed by atoms with Crippen LogP contribution in [0.2, 0.25) is 0 Å². The van der Waals surface area contributed by atoms with Gasteiger partial charge in [0, 0.05) is 11.1 Å². The third kappa shape index (κ3) is 4.70. The second-order valence-corrected chi connectivity index (χ2v) is 8.08. The standard InChI is InChI=1S/C25H22F3N3O2/c1-2-21(32)31(20-8-6-7-19(15-20)25(26,27)28)22(23(30)33)24(13-4-3-5-14-24)18-11-9-17(16-29)10-12-18/h1,6-12,15,22H,3-5,13-14H2,(H2,30,33). The molecule has 0 aliphatic heterocycles. The van der Waals surface area contributed by atoms with Gasteiger partial charge < -0.3 is 5.73 Å². The number of primary amides is 1. The lowest BCUT2D eigenvalue weighted by Gasteiger charge is -2.46. The van der Waals surface area contributed by atoms with Crippen LogP contribution in [0.25, 0.3) is 0 Å². The summed E-state index contributed by atoms with van der Waals surface area (Å²) in [6.07, 6.45) is 4.01. The molecule has 0 bridgehead atoms. The highest BCUT2D eigenvalue weighted by molar-refractivity contribution is 6.09. The summed E-state index contributed by atoms with van der Waals surface area (Å²) in [5.41, 5.74) is 4.80. The number of halogens is 3. The number of carbonyl (C=O) groups is 2. The molecule has 1 unspecified atom stereocenters.